The lowest BCUT2D eigenvalue weighted by molar-refractivity contribution is 0.379. The molecule has 3 rings (SSSR count). The first-order valence-corrected chi connectivity index (χ1v) is 6.37. The average molecular weight is 269 g/mol. The number of para-hydroxylation sites is 1. The van der Waals surface area contributed by atoms with E-state index in [4.69, 9.17) is 4.52 Å². The molecule has 0 aliphatic carbocycles. The van der Waals surface area contributed by atoms with Crippen LogP contribution < -0.4 is 5.32 Å². The lowest BCUT2D eigenvalue weighted by atomic mass is 10.3. The Morgan fingerprint density at radius 2 is 1.95 bits per heavy atom. The first-order chi connectivity index (χ1) is 9.72. The summed E-state index contributed by atoms with van der Waals surface area (Å²) in [7, 11) is 0. The van der Waals surface area contributed by atoms with E-state index in [2.05, 4.69) is 20.4 Å². The molecule has 20 heavy (non-hydrogen) atoms. The van der Waals surface area contributed by atoms with Crippen molar-refractivity contribution in [2.24, 2.45) is 0 Å². The van der Waals surface area contributed by atoms with Gasteiger partial charge in [-0.3, -0.25) is 4.57 Å². The molecule has 0 fully saturated rings. The molecule has 6 heteroatoms. The van der Waals surface area contributed by atoms with Crippen LogP contribution in [0, 0.1) is 13.8 Å². The van der Waals surface area contributed by atoms with Gasteiger partial charge in [-0.1, -0.05) is 23.4 Å². The van der Waals surface area contributed by atoms with Gasteiger partial charge in [-0.25, -0.2) is 4.98 Å². The standard InChI is InChI=1S/C14H15N5O/c1-10-9-19(12-6-4-3-5-7-12)14(16-10)15-8-13-17-11(2)18-20-13/h3-7,9H,8H2,1-2H3,(H,15,16). The van der Waals surface area contributed by atoms with Gasteiger partial charge < -0.3 is 9.84 Å². The van der Waals surface area contributed by atoms with E-state index < -0.39 is 0 Å². The van der Waals surface area contributed by atoms with E-state index >= 15 is 0 Å². The first-order valence-electron chi connectivity index (χ1n) is 6.37. The molecule has 0 bridgehead atoms. The fraction of sp³-hybridized carbons (Fsp3) is 0.214. The van der Waals surface area contributed by atoms with E-state index in [1.54, 1.807) is 6.92 Å². The number of nitrogens with zero attached hydrogens (tertiary/aromatic N) is 4. The Morgan fingerprint density at radius 1 is 1.15 bits per heavy atom. The minimum Gasteiger partial charge on any atom is -0.346 e. The van der Waals surface area contributed by atoms with Gasteiger partial charge >= 0.3 is 0 Å². The number of hydrogen-bond acceptors (Lipinski definition) is 5. The van der Waals surface area contributed by atoms with Crippen molar-refractivity contribution in [3.63, 3.8) is 0 Å². The lowest BCUT2D eigenvalue weighted by Gasteiger charge is -2.07. The SMILES string of the molecule is Cc1cn(-c2ccccc2)c(NCc2nc(C)no2)n1. The third kappa shape index (κ3) is 2.54. The quantitative estimate of drug-likeness (QED) is 0.788. The number of nitrogens with one attached hydrogen (secondary N) is 1. The molecule has 0 aliphatic rings. The highest BCUT2D eigenvalue weighted by Crippen LogP contribution is 2.16. The molecule has 0 saturated carbocycles. The number of anilines is 1. The summed E-state index contributed by atoms with van der Waals surface area (Å²) >= 11 is 0. The van der Waals surface area contributed by atoms with Crippen molar-refractivity contribution in [3.05, 3.63) is 53.9 Å². The van der Waals surface area contributed by atoms with Crippen molar-refractivity contribution < 1.29 is 4.52 Å². The van der Waals surface area contributed by atoms with Crippen molar-refractivity contribution >= 4 is 5.95 Å². The number of aryl methyl sites for hydroxylation is 2. The van der Waals surface area contributed by atoms with Gasteiger partial charge in [-0.15, -0.1) is 0 Å². The van der Waals surface area contributed by atoms with Gasteiger partial charge in [-0.2, -0.15) is 4.98 Å². The van der Waals surface area contributed by atoms with Crippen molar-refractivity contribution in [3.8, 4) is 5.69 Å². The van der Waals surface area contributed by atoms with Crippen LogP contribution in [0.15, 0.2) is 41.1 Å². The summed E-state index contributed by atoms with van der Waals surface area (Å²) in [5.41, 5.74) is 2.00. The van der Waals surface area contributed by atoms with E-state index in [1.165, 1.54) is 0 Å². The molecule has 0 amide bonds. The van der Waals surface area contributed by atoms with Crippen LogP contribution in [0.2, 0.25) is 0 Å². The Hall–Kier alpha value is -2.63. The van der Waals surface area contributed by atoms with Crippen molar-refractivity contribution in [2.45, 2.75) is 20.4 Å². The third-order valence-electron chi connectivity index (χ3n) is 2.83. The zero-order chi connectivity index (χ0) is 13.9. The normalized spacial score (nSPS) is 10.7. The maximum atomic E-state index is 5.08. The highest BCUT2D eigenvalue weighted by Gasteiger charge is 2.09. The highest BCUT2D eigenvalue weighted by atomic mass is 16.5. The van der Waals surface area contributed by atoms with Crippen LogP contribution in [0.3, 0.4) is 0 Å². The molecular weight excluding hydrogens is 254 g/mol. The Labute approximate surface area is 116 Å². The van der Waals surface area contributed by atoms with E-state index in [-0.39, 0.29) is 0 Å². The Balaban J connectivity index is 1.83. The van der Waals surface area contributed by atoms with Crippen molar-refractivity contribution in [1.29, 1.82) is 0 Å². The molecule has 102 valence electrons. The maximum absolute atomic E-state index is 5.08. The molecule has 3 aromatic rings. The second-order valence-corrected chi connectivity index (χ2v) is 4.50. The summed E-state index contributed by atoms with van der Waals surface area (Å²) in [6, 6.07) is 10.0. The van der Waals surface area contributed by atoms with Crippen LogP contribution in [0.1, 0.15) is 17.4 Å². The zero-order valence-electron chi connectivity index (χ0n) is 11.4. The topological polar surface area (TPSA) is 68.8 Å². The molecule has 1 N–H and O–H groups in total. The molecule has 0 radical (unpaired) electrons. The first kappa shape index (κ1) is 12.4. The Kier molecular flexibility index (Phi) is 3.20. The molecule has 2 heterocycles. The van der Waals surface area contributed by atoms with Gasteiger partial charge in [0.15, 0.2) is 5.82 Å². The molecule has 0 unspecified atom stereocenters. The largest absolute Gasteiger partial charge is 0.346 e. The molecule has 0 atom stereocenters. The van der Waals surface area contributed by atoms with Crippen LogP contribution in [0.25, 0.3) is 5.69 Å². The predicted octanol–water partition coefficient (Wildman–Crippen LogP) is 2.48. The molecule has 0 saturated heterocycles. The van der Waals surface area contributed by atoms with Crippen LogP contribution in [0.5, 0.6) is 0 Å². The molecule has 0 spiro atoms. The van der Waals surface area contributed by atoms with Gasteiger partial charge in [0, 0.05) is 11.9 Å². The number of imidazole rings is 1. The van der Waals surface area contributed by atoms with E-state index in [0.717, 1.165) is 17.3 Å². The minimum atomic E-state index is 0.449. The van der Waals surface area contributed by atoms with Gasteiger partial charge in [0.2, 0.25) is 11.8 Å². The smallest absolute Gasteiger partial charge is 0.246 e. The van der Waals surface area contributed by atoms with Crippen molar-refractivity contribution in [1.82, 2.24) is 19.7 Å². The number of aromatic nitrogens is 4. The molecule has 6 nitrogen and oxygen atoms in total. The summed E-state index contributed by atoms with van der Waals surface area (Å²) in [5.74, 6) is 1.93. The van der Waals surface area contributed by atoms with Crippen LogP contribution in [-0.4, -0.2) is 19.7 Å². The molecule has 1 aromatic carbocycles. The summed E-state index contributed by atoms with van der Waals surface area (Å²) in [4.78, 5) is 8.63. The lowest BCUT2D eigenvalue weighted by Crippen LogP contribution is -2.06. The second kappa shape index (κ2) is 5.16. The maximum Gasteiger partial charge on any atom is 0.246 e. The monoisotopic (exact) mass is 269 g/mol. The van der Waals surface area contributed by atoms with Gasteiger partial charge in [-0.05, 0) is 26.0 Å². The summed E-state index contributed by atoms with van der Waals surface area (Å²) in [6.45, 7) is 4.20. The average Bonchev–Trinajstić information content (AvgIpc) is 3.03. The Morgan fingerprint density at radius 3 is 2.65 bits per heavy atom. The fourth-order valence-corrected chi connectivity index (χ4v) is 1.97. The fourth-order valence-electron chi connectivity index (χ4n) is 1.97. The van der Waals surface area contributed by atoms with Crippen LogP contribution >= 0.6 is 0 Å². The van der Waals surface area contributed by atoms with Gasteiger partial charge in [0.05, 0.1) is 12.2 Å². The minimum absolute atomic E-state index is 0.449. The summed E-state index contributed by atoms with van der Waals surface area (Å²) in [5, 5.41) is 6.98. The molecular formula is C14H15N5O. The summed E-state index contributed by atoms with van der Waals surface area (Å²) in [6.07, 6.45) is 1.98. The van der Waals surface area contributed by atoms with E-state index in [1.807, 2.05) is 48.0 Å². The van der Waals surface area contributed by atoms with E-state index in [9.17, 15) is 0 Å². The van der Waals surface area contributed by atoms with Crippen LogP contribution in [0.4, 0.5) is 5.95 Å². The number of benzene rings is 1. The van der Waals surface area contributed by atoms with E-state index in [0.29, 0.717) is 18.3 Å². The number of hydrogen-bond donors (Lipinski definition) is 1. The predicted molar refractivity (Wildman–Crippen MR) is 74.7 cm³/mol. The zero-order valence-corrected chi connectivity index (χ0v) is 11.4. The summed E-state index contributed by atoms with van der Waals surface area (Å²) < 4.78 is 7.08. The molecule has 0 aliphatic heterocycles. The third-order valence-corrected chi connectivity index (χ3v) is 2.83. The second-order valence-electron chi connectivity index (χ2n) is 4.50. The van der Waals surface area contributed by atoms with Crippen molar-refractivity contribution in [2.75, 3.05) is 5.32 Å². The molecule has 2 aromatic heterocycles. The number of rotatable bonds is 4. The van der Waals surface area contributed by atoms with Crippen LogP contribution in [-0.2, 0) is 6.54 Å². The Bertz CT molecular complexity index is 701. The van der Waals surface area contributed by atoms with Gasteiger partial charge in [0.1, 0.15) is 0 Å². The highest BCUT2D eigenvalue weighted by molar-refractivity contribution is 5.42. The van der Waals surface area contributed by atoms with Gasteiger partial charge in [0.25, 0.3) is 0 Å².